The van der Waals surface area contributed by atoms with Crippen molar-refractivity contribution in [3.8, 4) is 0 Å². The first-order chi connectivity index (χ1) is 6.29. The van der Waals surface area contributed by atoms with Gasteiger partial charge in [-0.2, -0.15) is 0 Å². The van der Waals surface area contributed by atoms with Crippen molar-refractivity contribution in [1.82, 2.24) is 4.90 Å². The summed E-state index contributed by atoms with van der Waals surface area (Å²) in [7, 11) is 0. The molecule has 1 atom stereocenters. The molecule has 1 aliphatic heterocycles. The van der Waals surface area contributed by atoms with E-state index in [1.165, 1.54) is 12.8 Å². The number of nitrogens with zero attached hydrogens (tertiary/aromatic N) is 1. The molecule has 1 unspecified atom stereocenters. The molecular weight excluding hydrogens is 162 g/mol. The molecule has 0 radical (unpaired) electrons. The van der Waals surface area contributed by atoms with Crippen molar-refractivity contribution in [2.45, 2.75) is 45.1 Å². The number of hydrogen-bond donors (Lipinski definition) is 0. The van der Waals surface area contributed by atoms with Gasteiger partial charge in [-0.05, 0) is 12.8 Å². The minimum Gasteiger partial charge on any atom is -0.336 e. The normalized spacial score (nSPS) is 23.8. The van der Waals surface area contributed by atoms with Gasteiger partial charge in [0.25, 0.3) is 0 Å². The Morgan fingerprint density at radius 3 is 2.92 bits per heavy atom. The summed E-state index contributed by atoms with van der Waals surface area (Å²) in [5.74, 6) is 0.270. The van der Waals surface area contributed by atoms with Gasteiger partial charge in [-0.3, -0.25) is 4.79 Å². The molecule has 1 heterocycles. The van der Waals surface area contributed by atoms with Crippen LogP contribution in [0.1, 0.15) is 39.0 Å². The van der Waals surface area contributed by atoms with Gasteiger partial charge in [0.05, 0.1) is 0 Å². The Kier molecular flexibility index (Phi) is 4.00. The first-order valence-corrected chi connectivity index (χ1v) is 5.21. The number of carbonyl (C=O) groups is 1. The lowest BCUT2D eigenvalue weighted by atomic mass is 10.1. The van der Waals surface area contributed by atoms with Gasteiger partial charge in [-0.1, -0.05) is 25.8 Å². The van der Waals surface area contributed by atoms with Crippen LogP contribution in [0.3, 0.4) is 0 Å². The molecule has 0 spiro atoms. The van der Waals surface area contributed by atoms with Crippen molar-refractivity contribution in [3.63, 3.8) is 0 Å². The average molecular weight is 181 g/mol. The van der Waals surface area contributed by atoms with E-state index in [-0.39, 0.29) is 11.9 Å². The Labute approximate surface area is 80.6 Å². The molecule has 2 heteroatoms. The quantitative estimate of drug-likeness (QED) is 0.599. The van der Waals surface area contributed by atoms with Gasteiger partial charge < -0.3 is 4.90 Å². The molecule has 13 heavy (non-hydrogen) atoms. The van der Waals surface area contributed by atoms with Crippen molar-refractivity contribution in [2.24, 2.45) is 0 Å². The molecule has 2 nitrogen and oxygen atoms in total. The third kappa shape index (κ3) is 2.58. The molecule has 0 aromatic carbocycles. The van der Waals surface area contributed by atoms with Crippen molar-refractivity contribution in [2.75, 3.05) is 6.54 Å². The molecule has 0 aromatic heterocycles. The highest BCUT2D eigenvalue weighted by Gasteiger charge is 2.21. The molecule has 1 aliphatic rings. The van der Waals surface area contributed by atoms with Crippen LogP contribution in [-0.4, -0.2) is 23.4 Å². The topological polar surface area (TPSA) is 20.3 Å². The predicted octanol–water partition coefficient (Wildman–Crippen LogP) is 2.35. The highest BCUT2D eigenvalue weighted by molar-refractivity contribution is 5.76. The second kappa shape index (κ2) is 5.05. The third-order valence-electron chi connectivity index (χ3n) is 2.69. The fraction of sp³-hybridized carbons (Fsp3) is 0.727. The summed E-state index contributed by atoms with van der Waals surface area (Å²) >= 11 is 0. The summed E-state index contributed by atoms with van der Waals surface area (Å²) in [6.45, 7) is 6.64. The van der Waals surface area contributed by atoms with Crippen LogP contribution in [0.4, 0.5) is 0 Å². The van der Waals surface area contributed by atoms with Crippen LogP contribution < -0.4 is 0 Å². The van der Waals surface area contributed by atoms with Crippen LogP contribution in [0.2, 0.25) is 0 Å². The van der Waals surface area contributed by atoms with Gasteiger partial charge >= 0.3 is 0 Å². The predicted molar refractivity (Wildman–Crippen MR) is 54.5 cm³/mol. The van der Waals surface area contributed by atoms with Crippen molar-refractivity contribution >= 4 is 5.91 Å². The molecule has 1 saturated heterocycles. The van der Waals surface area contributed by atoms with Crippen molar-refractivity contribution < 1.29 is 4.79 Å². The Balaban J connectivity index is 2.64. The maximum absolute atomic E-state index is 11.6. The van der Waals surface area contributed by atoms with E-state index in [9.17, 15) is 4.79 Å². The largest absolute Gasteiger partial charge is 0.336 e. The van der Waals surface area contributed by atoms with Gasteiger partial charge in [0.2, 0.25) is 5.91 Å². The van der Waals surface area contributed by atoms with Crippen LogP contribution in [0.15, 0.2) is 12.7 Å². The zero-order chi connectivity index (χ0) is 9.68. The van der Waals surface area contributed by atoms with Crippen LogP contribution in [0.25, 0.3) is 0 Å². The van der Waals surface area contributed by atoms with Crippen LogP contribution in [-0.2, 0) is 4.79 Å². The standard InChI is InChI=1S/C11H19NO/c1-3-10-8-6-5-7-9-12(10)11(13)4-2/h3,10H,1,4-9H2,2H3. The first-order valence-electron chi connectivity index (χ1n) is 5.21. The van der Waals surface area contributed by atoms with Crippen LogP contribution in [0, 0.1) is 0 Å². The summed E-state index contributed by atoms with van der Waals surface area (Å²) in [4.78, 5) is 13.6. The molecule has 1 amide bonds. The number of rotatable bonds is 2. The zero-order valence-electron chi connectivity index (χ0n) is 8.46. The van der Waals surface area contributed by atoms with Crippen molar-refractivity contribution in [3.05, 3.63) is 12.7 Å². The Morgan fingerprint density at radius 2 is 2.31 bits per heavy atom. The van der Waals surface area contributed by atoms with E-state index in [0.717, 1.165) is 19.4 Å². The van der Waals surface area contributed by atoms with Gasteiger partial charge in [-0.15, -0.1) is 6.58 Å². The lowest BCUT2D eigenvalue weighted by molar-refractivity contribution is -0.132. The minimum absolute atomic E-state index is 0.270. The molecule has 0 bridgehead atoms. The number of hydrogen-bond acceptors (Lipinski definition) is 1. The molecule has 0 aliphatic carbocycles. The molecule has 1 rings (SSSR count). The highest BCUT2D eigenvalue weighted by atomic mass is 16.2. The van der Waals surface area contributed by atoms with E-state index >= 15 is 0 Å². The molecule has 1 fully saturated rings. The Morgan fingerprint density at radius 1 is 1.54 bits per heavy atom. The SMILES string of the molecule is C=CC1CCCCCN1C(=O)CC. The summed E-state index contributed by atoms with van der Waals surface area (Å²) < 4.78 is 0. The summed E-state index contributed by atoms with van der Waals surface area (Å²) in [5, 5.41) is 0. The highest BCUT2D eigenvalue weighted by Crippen LogP contribution is 2.18. The maximum Gasteiger partial charge on any atom is 0.222 e. The fourth-order valence-corrected chi connectivity index (χ4v) is 1.89. The van der Waals surface area contributed by atoms with E-state index < -0.39 is 0 Å². The minimum atomic E-state index is 0.270. The monoisotopic (exact) mass is 181 g/mol. The molecule has 0 saturated carbocycles. The van der Waals surface area contributed by atoms with E-state index in [0.29, 0.717) is 6.42 Å². The number of amides is 1. The summed E-state index contributed by atoms with van der Waals surface area (Å²) in [6.07, 6.45) is 7.25. The van der Waals surface area contributed by atoms with E-state index in [1.807, 2.05) is 17.9 Å². The molecule has 0 N–H and O–H groups in total. The molecular formula is C11H19NO. The second-order valence-corrected chi connectivity index (χ2v) is 3.59. The van der Waals surface area contributed by atoms with Crippen molar-refractivity contribution in [1.29, 1.82) is 0 Å². The van der Waals surface area contributed by atoms with Crippen LogP contribution >= 0.6 is 0 Å². The maximum atomic E-state index is 11.6. The Bertz CT molecular complexity index is 189. The van der Waals surface area contributed by atoms with Gasteiger partial charge in [0, 0.05) is 19.0 Å². The lowest BCUT2D eigenvalue weighted by Gasteiger charge is -2.27. The summed E-state index contributed by atoms with van der Waals surface area (Å²) in [5.41, 5.74) is 0. The number of likely N-dealkylation sites (tertiary alicyclic amines) is 1. The van der Waals surface area contributed by atoms with E-state index in [1.54, 1.807) is 0 Å². The fourth-order valence-electron chi connectivity index (χ4n) is 1.89. The van der Waals surface area contributed by atoms with E-state index in [4.69, 9.17) is 0 Å². The van der Waals surface area contributed by atoms with Crippen LogP contribution in [0.5, 0.6) is 0 Å². The second-order valence-electron chi connectivity index (χ2n) is 3.59. The lowest BCUT2D eigenvalue weighted by Crippen LogP contribution is -2.38. The van der Waals surface area contributed by atoms with E-state index in [2.05, 4.69) is 6.58 Å². The van der Waals surface area contributed by atoms with Gasteiger partial charge in [0.15, 0.2) is 0 Å². The molecule has 0 aromatic rings. The summed E-state index contributed by atoms with van der Waals surface area (Å²) in [6, 6.07) is 0.287. The average Bonchev–Trinajstić information content (AvgIpc) is 2.41. The Hall–Kier alpha value is -0.790. The first kappa shape index (κ1) is 10.3. The number of carbonyl (C=O) groups excluding carboxylic acids is 1. The molecule has 74 valence electrons. The zero-order valence-corrected chi connectivity index (χ0v) is 8.46. The third-order valence-corrected chi connectivity index (χ3v) is 2.69. The van der Waals surface area contributed by atoms with Gasteiger partial charge in [0.1, 0.15) is 0 Å². The smallest absolute Gasteiger partial charge is 0.222 e. The van der Waals surface area contributed by atoms with Gasteiger partial charge in [-0.25, -0.2) is 0 Å².